The highest BCUT2D eigenvalue weighted by atomic mass is 31.2. The van der Waals surface area contributed by atoms with E-state index >= 15 is 0 Å². The summed E-state index contributed by atoms with van der Waals surface area (Å²) in [5, 5.41) is 10.6. The van der Waals surface area contributed by atoms with Crippen molar-refractivity contribution < 1.29 is 80.2 Å². The summed E-state index contributed by atoms with van der Waals surface area (Å²) in [4.78, 5) is 73.0. The minimum Gasteiger partial charge on any atom is -0.462 e. The lowest BCUT2D eigenvalue weighted by Gasteiger charge is -2.21. The molecule has 3 N–H and O–H groups in total. The number of carbonyl (C=O) groups excluding carboxylic acids is 4. The Balaban J connectivity index is 5.24. The maximum Gasteiger partial charge on any atom is 0.472 e. The van der Waals surface area contributed by atoms with Gasteiger partial charge in [-0.25, -0.2) is 9.13 Å². The normalized spacial score (nSPS) is 13.9. The third-order valence-electron chi connectivity index (χ3n) is 18.8. The van der Waals surface area contributed by atoms with Crippen molar-refractivity contribution in [2.75, 3.05) is 39.6 Å². The summed E-state index contributed by atoms with van der Waals surface area (Å²) in [6.45, 7) is 7.35. The minimum absolute atomic E-state index is 0.108. The van der Waals surface area contributed by atoms with Gasteiger partial charge in [0.15, 0.2) is 12.2 Å². The predicted octanol–water partition coefficient (Wildman–Crippen LogP) is 24.0. The zero-order valence-corrected chi connectivity index (χ0v) is 66.4. The first-order chi connectivity index (χ1) is 48.0. The lowest BCUT2D eigenvalue weighted by Crippen LogP contribution is -2.30. The molecular weight excluding hydrogens is 1290 g/mol. The molecule has 0 aliphatic carbocycles. The van der Waals surface area contributed by atoms with E-state index in [1.54, 1.807) is 0 Å². The van der Waals surface area contributed by atoms with Crippen LogP contribution in [-0.2, 0) is 65.4 Å². The number of unbranched alkanes of at least 4 members (excludes halogenated alkanes) is 52. The van der Waals surface area contributed by atoms with E-state index in [4.69, 9.17) is 37.0 Å². The van der Waals surface area contributed by atoms with Crippen LogP contribution < -0.4 is 0 Å². The van der Waals surface area contributed by atoms with Gasteiger partial charge in [0.2, 0.25) is 0 Å². The predicted molar refractivity (Wildman–Crippen MR) is 405 cm³/mol. The molecule has 0 saturated heterocycles. The van der Waals surface area contributed by atoms with E-state index in [9.17, 15) is 43.2 Å². The molecule has 0 aromatic rings. The first-order valence-corrected chi connectivity index (χ1v) is 44.6. The van der Waals surface area contributed by atoms with Gasteiger partial charge in [0.25, 0.3) is 0 Å². The fraction of sp³-hybridized carbons (Fsp3) is 0.950. The number of carbonyl (C=O) groups is 4. The fourth-order valence-corrected chi connectivity index (χ4v) is 14.0. The summed E-state index contributed by atoms with van der Waals surface area (Å²) >= 11 is 0. The van der Waals surface area contributed by atoms with Crippen LogP contribution in [0.3, 0.4) is 0 Å². The molecule has 588 valence electrons. The smallest absolute Gasteiger partial charge is 0.462 e. The number of esters is 4. The number of aliphatic hydroxyl groups is 1. The second-order valence-electron chi connectivity index (χ2n) is 29.3. The first kappa shape index (κ1) is 97.1. The van der Waals surface area contributed by atoms with Crippen molar-refractivity contribution in [1.29, 1.82) is 0 Å². The van der Waals surface area contributed by atoms with Crippen LogP contribution in [0.2, 0.25) is 0 Å². The molecule has 2 unspecified atom stereocenters. The zero-order chi connectivity index (χ0) is 72.7. The Morgan fingerprint density at radius 3 is 0.687 bits per heavy atom. The van der Waals surface area contributed by atoms with Gasteiger partial charge in [-0.15, -0.1) is 0 Å². The highest BCUT2D eigenvalue weighted by Crippen LogP contribution is 2.45. The quantitative estimate of drug-likeness (QED) is 0.0222. The average Bonchev–Trinajstić information content (AvgIpc) is 1.91. The van der Waals surface area contributed by atoms with Crippen molar-refractivity contribution in [3.05, 3.63) is 0 Å². The minimum atomic E-state index is -4.96. The Labute approximate surface area is 607 Å². The van der Waals surface area contributed by atoms with E-state index in [-0.39, 0.29) is 25.7 Å². The van der Waals surface area contributed by atoms with Crippen LogP contribution in [0, 0.1) is 5.92 Å². The SMILES string of the molecule is CCCCCCCCCCCCCCCCCCCCCC(=O)O[C@H](COC(=O)CCCCCCCCCCCCCCCC(C)C)COP(=O)(O)OC[C@@H](O)COP(=O)(O)OC[C@@H](COC(=O)CCCCCCCCCCCCCC)OC(=O)CCCCCCCCCCCCCC. The molecule has 0 aliphatic heterocycles. The number of hydrogen-bond donors (Lipinski definition) is 3. The largest absolute Gasteiger partial charge is 0.472 e. The van der Waals surface area contributed by atoms with Crippen molar-refractivity contribution >= 4 is 39.5 Å². The highest BCUT2D eigenvalue weighted by Gasteiger charge is 2.30. The van der Waals surface area contributed by atoms with Crippen molar-refractivity contribution in [3.63, 3.8) is 0 Å². The topological polar surface area (TPSA) is 237 Å². The van der Waals surface area contributed by atoms with E-state index < -0.39 is 97.5 Å². The molecule has 0 rings (SSSR count). The molecule has 17 nitrogen and oxygen atoms in total. The third-order valence-corrected chi connectivity index (χ3v) is 20.7. The molecule has 0 bridgehead atoms. The standard InChI is InChI=1S/C80H156O17P2/c1-6-9-12-15-18-21-24-27-28-29-30-31-32-35-41-46-51-56-61-66-80(85)97-76(70-91-78(83)64-59-54-49-44-40-36-33-34-37-42-47-52-57-62-73(4)5)72-95-99(88,89)93-68-74(81)67-92-98(86,87)94-71-75(96-79(84)65-60-55-50-45-39-26-23-20-17-14-11-8-3)69-90-77(82)63-58-53-48-43-38-25-22-19-16-13-10-7-2/h73-76,81H,6-72H2,1-5H3,(H,86,87)(H,88,89)/t74-,75+,76+/m0/s1. The average molecular weight is 1450 g/mol. The Bertz CT molecular complexity index is 1890. The van der Waals surface area contributed by atoms with E-state index in [0.29, 0.717) is 25.7 Å². The second-order valence-corrected chi connectivity index (χ2v) is 32.2. The van der Waals surface area contributed by atoms with Crippen molar-refractivity contribution in [2.45, 2.75) is 445 Å². The summed E-state index contributed by atoms with van der Waals surface area (Å²) in [6, 6.07) is 0. The summed E-state index contributed by atoms with van der Waals surface area (Å²) in [6.07, 6.45) is 63.7. The third kappa shape index (κ3) is 74.1. The van der Waals surface area contributed by atoms with Crippen LogP contribution in [-0.4, -0.2) is 96.7 Å². The fourth-order valence-electron chi connectivity index (χ4n) is 12.4. The molecule has 99 heavy (non-hydrogen) atoms. The van der Waals surface area contributed by atoms with E-state index in [1.165, 1.54) is 250 Å². The number of hydrogen-bond acceptors (Lipinski definition) is 15. The summed E-state index contributed by atoms with van der Waals surface area (Å²) in [7, 11) is -9.92. The Morgan fingerprint density at radius 2 is 0.465 bits per heavy atom. The Hall–Kier alpha value is -1.94. The molecule has 5 atom stereocenters. The van der Waals surface area contributed by atoms with E-state index in [2.05, 4.69) is 34.6 Å². The number of aliphatic hydroxyl groups excluding tert-OH is 1. The molecule has 0 amide bonds. The zero-order valence-electron chi connectivity index (χ0n) is 64.6. The molecule has 0 fully saturated rings. The van der Waals surface area contributed by atoms with Crippen LogP contribution in [0.15, 0.2) is 0 Å². The first-order valence-electron chi connectivity index (χ1n) is 41.6. The summed E-state index contributed by atoms with van der Waals surface area (Å²) in [5.74, 6) is -1.31. The van der Waals surface area contributed by atoms with Gasteiger partial charge in [-0.3, -0.25) is 37.3 Å². The van der Waals surface area contributed by atoms with Gasteiger partial charge >= 0.3 is 39.5 Å². The lowest BCUT2D eigenvalue weighted by molar-refractivity contribution is -0.161. The van der Waals surface area contributed by atoms with E-state index in [0.717, 1.165) is 95.8 Å². The molecule has 0 aliphatic rings. The van der Waals surface area contributed by atoms with Crippen LogP contribution in [0.5, 0.6) is 0 Å². The number of rotatable bonds is 80. The molecule has 0 aromatic heterocycles. The van der Waals surface area contributed by atoms with Crippen LogP contribution in [0.1, 0.15) is 426 Å². The monoisotopic (exact) mass is 1450 g/mol. The summed E-state index contributed by atoms with van der Waals surface area (Å²) < 4.78 is 68.7. The van der Waals surface area contributed by atoms with Gasteiger partial charge in [0, 0.05) is 25.7 Å². The van der Waals surface area contributed by atoms with Gasteiger partial charge in [-0.1, -0.05) is 375 Å². The molecule has 0 aromatic carbocycles. The van der Waals surface area contributed by atoms with E-state index in [1.807, 2.05) is 0 Å². The Morgan fingerprint density at radius 1 is 0.273 bits per heavy atom. The molecule has 0 heterocycles. The number of ether oxygens (including phenoxy) is 4. The molecule has 0 radical (unpaired) electrons. The van der Waals surface area contributed by atoms with Crippen molar-refractivity contribution in [1.82, 2.24) is 0 Å². The highest BCUT2D eigenvalue weighted by molar-refractivity contribution is 7.47. The van der Waals surface area contributed by atoms with Crippen molar-refractivity contribution in [3.8, 4) is 0 Å². The number of phosphoric ester groups is 2. The summed E-state index contributed by atoms with van der Waals surface area (Å²) in [5.41, 5.74) is 0. The molecule has 19 heteroatoms. The van der Waals surface area contributed by atoms with Crippen molar-refractivity contribution in [2.24, 2.45) is 5.92 Å². The Kier molecular flexibility index (Phi) is 71.6. The van der Waals surface area contributed by atoms with Gasteiger partial charge < -0.3 is 33.8 Å². The lowest BCUT2D eigenvalue weighted by atomic mass is 10.0. The van der Waals surface area contributed by atoms with Crippen LogP contribution >= 0.6 is 15.6 Å². The maximum atomic E-state index is 13.1. The second kappa shape index (κ2) is 73.0. The molecule has 0 spiro atoms. The van der Waals surface area contributed by atoms with Crippen LogP contribution in [0.25, 0.3) is 0 Å². The van der Waals surface area contributed by atoms with Gasteiger partial charge in [0.05, 0.1) is 26.4 Å². The van der Waals surface area contributed by atoms with Gasteiger partial charge in [-0.05, 0) is 31.6 Å². The van der Waals surface area contributed by atoms with Gasteiger partial charge in [0.1, 0.15) is 19.3 Å². The van der Waals surface area contributed by atoms with Crippen LogP contribution in [0.4, 0.5) is 0 Å². The molecular formula is C80H156O17P2. The number of phosphoric acid groups is 2. The maximum absolute atomic E-state index is 13.1. The van der Waals surface area contributed by atoms with Gasteiger partial charge in [-0.2, -0.15) is 0 Å². The molecule has 0 saturated carbocycles.